The number of anilines is 1. The third-order valence-corrected chi connectivity index (χ3v) is 2.66. The summed E-state index contributed by atoms with van der Waals surface area (Å²) in [5, 5.41) is 9.35. The van der Waals surface area contributed by atoms with Gasteiger partial charge in [0.2, 0.25) is 0 Å². The van der Waals surface area contributed by atoms with E-state index in [0.717, 1.165) is 17.7 Å². The first-order valence-electron chi connectivity index (χ1n) is 4.54. The first-order chi connectivity index (χ1) is 6.74. The van der Waals surface area contributed by atoms with Crippen LogP contribution in [0.15, 0.2) is 24.3 Å². The highest BCUT2D eigenvalue weighted by Gasteiger charge is 2.05. The summed E-state index contributed by atoms with van der Waals surface area (Å²) in [7, 11) is -0.00528. The van der Waals surface area contributed by atoms with Gasteiger partial charge in [-0.05, 0) is 24.5 Å². The molecule has 0 spiro atoms. The highest BCUT2D eigenvalue weighted by Crippen LogP contribution is 2.14. The van der Waals surface area contributed by atoms with Crippen LogP contribution in [0.4, 0.5) is 5.69 Å². The molecule has 1 atom stereocenters. The lowest BCUT2D eigenvalue weighted by Crippen LogP contribution is -2.10. The zero-order valence-electron chi connectivity index (χ0n) is 7.89. The van der Waals surface area contributed by atoms with Crippen LogP contribution in [0.25, 0.3) is 0 Å². The van der Waals surface area contributed by atoms with E-state index in [9.17, 15) is 9.67 Å². The summed E-state index contributed by atoms with van der Waals surface area (Å²) in [5.74, 6) is 0. The van der Waals surface area contributed by atoms with E-state index in [2.05, 4.69) is 0 Å². The topological polar surface area (TPSA) is 63.3 Å². The van der Waals surface area contributed by atoms with Crippen molar-refractivity contribution in [2.45, 2.75) is 18.9 Å². The molecule has 0 fully saturated rings. The maximum Gasteiger partial charge on any atom is 0.157 e. The summed E-state index contributed by atoms with van der Waals surface area (Å²) >= 11 is 0. The van der Waals surface area contributed by atoms with Gasteiger partial charge in [-0.25, -0.2) is 0 Å². The normalized spacial score (nSPS) is 12.9. The van der Waals surface area contributed by atoms with E-state index in [1.54, 1.807) is 0 Å². The monoisotopic (exact) mass is 211 g/mol. The molecule has 76 valence electrons. The Morgan fingerprint density at radius 1 is 1.43 bits per heavy atom. The van der Waals surface area contributed by atoms with Crippen molar-refractivity contribution in [1.82, 2.24) is 0 Å². The van der Waals surface area contributed by atoms with Crippen LogP contribution < -0.4 is 5.73 Å². The summed E-state index contributed by atoms with van der Waals surface area (Å²) in [6.45, 7) is 0. The van der Waals surface area contributed by atoms with Gasteiger partial charge in [0.1, 0.15) is 0 Å². The Labute approximate surface area is 85.1 Å². The Morgan fingerprint density at radius 2 is 2.14 bits per heavy atom. The fraction of sp³-hybridized carbons (Fsp3) is 0.400. The average molecular weight is 211 g/mol. The Morgan fingerprint density at radius 3 is 2.79 bits per heavy atom. The van der Waals surface area contributed by atoms with Gasteiger partial charge in [-0.2, -0.15) is 0 Å². The van der Waals surface area contributed by atoms with Crippen molar-refractivity contribution in [2.75, 3.05) is 11.9 Å². The Hall–Kier alpha value is -0.920. The van der Waals surface area contributed by atoms with Gasteiger partial charge in [0, 0.05) is 5.69 Å². The molecular formula is C10H14NO2P. The molecule has 0 saturated carbocycles. The first kappa shape index (κ1) is 11.2. The average Bonchev–Trinajstić information content (AvgIpc) is 2.17. The predicted octanol–water partition coefficient (Wildman–Crippen LogP) is 1.85. The molecule has 1 unspecified atom stereocenters. The smallest absolute Gasteiger partial charge is 0.157 e. The molecule has 3 N–H and O–H groups in total. The van der Waals surface area contributed by atoms with E-state index in [1.807, 2.05) is 24.3 Å². The molecule has 0 aliphatic rings. The Bertz CT molecular complexity index is 304. The number of aliphatic hydroxyl groups is 1. The third-order valence-electron chi connectivity index (χ3n) is 2.09. The molecule has 0 heterocycles. The fourth-order valence-electron chi connectivity index (χ4n) is 1.26. The number of benzene rings is 1. The molecule has 1 aromatic rings. The molecular weight excluding hydrogens is 197 g/mol. The second-order valence-corrected chi connectivity index (χ2v) is 3.83. The van der Waals surface area contributed by atoms with Gasteiger partial charge >= 0.3 is 0 Å². The number of hydrogen-bond acceptors (Lipinski definition) is 3. The summed E-state index contributed by atoms with van der Waals surface area (Å²) in [4.78, 5) is 0. The minimum Gasteiger partial charge on any atom is -0.399 e. The fourth-order valence-corrected chi connectivity index (χ4v) is 1.62. The highest BCUT2D eigenvalue weighted by molar-refractivity contribution is 7.23. The van der Waals surface area contributed by atoms with Crippen LogP contribution in [-0.4, -0.2) is 17.4 Å². The minimum atomic E-state index is -0.506. The van der Waals surface area contributed by atoms with Gasteiger partial charge in [0.25, 0.3) is 0 Å². The standard InChI is InChI=1S/C10H14NO2P/c11-10-4-2-1-3-8(10)5-6-9(12)7-14-13/h1-4,9,12H,5-7,11H2. The number of aliphatic hydroxyl groups excluding tert-OH is 1. The number of nitrogen functional groups attached to an aromatic ring is 1. The molecule has 0 bridgehead atoms. The summed E-state index contributed by atoms with van der Waals surface area (Å²) < 4.78 is 10.2. The van der Waals surface area contributed by atoms with Gasteiger partial charge in [-0.3, -0.25) is 4.57 Å². The van der Waals surface area contributed by atoms with Crippen molar-refractivity contribution in [2.24, 2.45) is 0 Å². The van der Waals surface area contributed by atoms with E-state index < -0.39 is 6.10 Å². The zero-order chi connectivity index (χ0) is 10.4. The van der Waals surface area contributed by atoms with E-state index in [-0.39, 0.29) is 8.46 Å². The van der Waals surface area contributed by atoms with Crippen molar-refractivity contribution in [3.05, 3.63) is 29.8 Å². The maximum absolute atomic E-state index is 10.2. The second kappa shape index (κ2) is 5.74. The third kappa shape index (κ3) is 3.44. The summed E-state index contributed by atoms with van der Waals surface area (Å²) in [6, 6.07) is 7.58. The molecule has 3 nitrogen and oxygen atoms in total. The van der Waals surface area contributed by atoms with Crippen molar-refractivity contribution < 1.29 is 9.67 Å². The van der Waals surface area contributed by atoms with Crippen molar-refractivity contribution >= 4 is 14.1 Å². The maximum atomic E-state index is 10.2. The summed E-state index contributed by atoms with van der Waals surface area (Å²) in [5.41, 5.74) is 7.52. The van der Waals surface area contributed by atoms with Gasteiger partial charge in [0.05, 0.1) is 12.3 Å². The lowest BCUT2D eigenvalue weighted by atomic mass is 10.1. The molecule has 14 heavy (non-hydrogen) atoms. The van der Waals surface area contributed by atoms with E-state index in [1.165, 1.54) is 0 Å². The quantitative estimate of drug-likeness (QED) is 0.577. The number of para-hydroxylation sites is 1. The van der Waals surface area contributed by atoms with Gasteiger partial charge < -0.3 is 10.8 Å². The van der Waals surface area contributed by atoms with Gasteiger partial charge in [-0.15, -0.1) is 0 Å². The molecule has 0 aliphatic carbocycles. The predicted molar refractivity (Wildman–Crippen MR) is 57.7 cm³/mol. The zero-order valence-corrected chi connectivity index (χ0v) is 8.78. The van der Waals surface area contributed by atoms with Crippen LogP contribution in [0, 0.1) is 0 Å². The van der Waals surface area contributed by atoms with Crippen LogP contribution in [0.1, 0.15) is 12.0 Å². The summed E-state index contributed by atoms with van der Waals surface area (Å²) in [6.07, 6.45) is 1.12. The first-order valence-corrected chi connectivity index (χ1v) is 5.54. The van der Waals surface area contributed by atoms with Crippen LogP contribution in [-0.2, 0) is 11.0 Å². The molecule has 0 aromatic heterocycles. The van der Waals surface area contributed by atoms with E-state index in [0.29, 0.717) is 12.6 Å². The van der Waals surface area contributed by atoms with Crippen molar-refractivity contribution in [3.8, 4) is 0 Å². The Balaban J connectivity index is 2.45. The number of nitrogens with two attached hydrogens (primary N) is 1. The molecule has 0 aliphatic heterocycles. The van der Waals surface area contributed by atoms with Gasteiger partial charge in [0.15, 0.2) is 8.46 Å². The largest absolute Gasteiger partial charge is 0.399 e. The number of rotatable bonds is 5. The Kier molecular flexibility index (Phi) is 4.57. The van der Waals surface area contributed by atoms with Crippen LogP contribution in [0.2, 0.25) is 0 Å². The molecule has 1 aromatic carbocycles. The van der Waals surface area contributed by atoms with Crippen molar-refractivity contribution in [1.29, 1.82) is 0 Å². The molecule has 0 radical (unpaired) electrons. The molecule has 4 heteroatoms. The molecule has 0 amide bonds. The SMILES string of the molecule is Nc1ccccc1CCC(O)CP=O. The van der Waals surface area contributed by atoms with E-state index in [4.69, 9.17) is 5.73 Å². The second-order valence-electron chi connectivity index (χ2n) is 3.20. The van der Waals surface area contributed by atoms with Crippen LogP contribution in [0.3, 0.4) is 0 Å². The highest BCUT2D eigenvalue weighted by atomic mass is 31.1. The molecule has 1 rings (SSSR count). The minimum absolute atomic E-state index is 0.00528. The lowest BCUT2D eigenvalue weighted by molar-refractivity contribution is 0.188. The van der Waals surface area contributed by atoms with Crippen LogP contribution in [0.5, 0.6) is 0 Å². The lowest BCUT2D eigenvalue weighted by Gasteiger charge is -2.07. The van der Waals surface area contributed by atoms with E-state index >= 15 is 0 Å². The van der Waals surface area contributed by atoms with Gasteiger partial charge in [-0.1, -0.05) is 18.2 Å². The van der Waals surface area contributed by atoms with Crippen LogP contribution >= 0.6 is 8.46 Å². The van der Waals surface area contributed by atoms with Crippen molar-refractivity contribution in [3.63, 3.8) is 0 Å². The number of aryl methyl sites for hydroxylation is 1. The molecule has 0 saturated heterocycles. The number of hydrogen-bond donors (Lipinski definition) is 2.